The van der Waals surface area contributed by atoms with Gasteiger partial charge < -0.3 is 18.8 Å². The fourth-order valence-corrected chi connectivity index (χ4v) is 6.31. The topological polar surface area (TPSA) is 49.7 Å². The Bertz CT molecular complexity index is 1250. The predicted octanol–water partition coefficient (Wildman–Crippen LogP) is 9.70. The van der Waals surface area contributed by atoms with Crippen LogP contribution in [-0.2, 0) is 33.7 Å². The van der Waals surface area contributed by atoms with Crippen LogP contribution < -0.4 is 4.74 Å². The summed E-state index contributed by atoms with van der Waals surface area (Å²) in [5.41, 5.74) is 6.20. The summed E-state index contributed by atoms with van der Waals surface area (Å²) in [7, 11) is 0. The summed E-state index contributed by atoms with van der Waals surface area (Å²) < 4.78 is 19.8. The first-order valence-corrected chi connectivity index (χ1v) is 18.0. The van der Waals surface area contributed by atoms with Crippen molar-refractivity contribution >= 4 is 17.7 Å². The van der Waals surface area contributed by atoms with E-state index in [1.54, 1.807) is 0 Å². The molecule has 0 N–H and O–H groups in total. The van der Waals surface area contributed by atoms with E-state index in [9.17, 15) is 4.79 Å². The predicted molar refractivity (Wildman–Crippen MR) is 185 cm³/mol. The molecule has 0 saturated heterocycles. The van der Waals surface area contributed by atoms with Crippen LogP contribution in [0.15, 0.2) is 59.5 Å². The number of thioether (sulfide) groups is 1. The lowest BCUT2D eigenvalue weighted by molar-refractivity contribution is -0.157. The lowest BCUT2D eigenvalue weighted by atomic mass is 10.0. The number of unbranched alkanes of at least 4 members (excludes halogenated alkanes) is 3. The van der Waals surface area contributed by atoms with E-state index in [1.165, 1.54) is 53.1 Å². The largest absolute Gasteiger partial charge is 0.492 e. The van der Waals surface area contributed by atoms with E-state index in [4.69, 9.17) is 14.2 Å². The third-order valence-corrected chi connectivity index (χ3v) is 9.11. The second kappa shape index (κ2) is 19.6. The number of hydrogen-bond acceptors (Lipinski definition) is 5. The average Bonchev–Trinajstić information content (AvgIpc) is 3.39. The third kappa shape index (κ3) is 11.3. The molecule has 1 unspecified atom stereocenters. The molecule has 2 atom stereocenters. The molecule has 6 heteroatoms. The van der Waals surface area contributed by atoms with E-state index >= 15 is 0 Å². The number of carbonyl (C=O) groups is 1. The molecule has 0 saturated carbocycles. The molecule has 0 fully saturated rings. The Hall–Kier alpha value is -2.70. The van der Waals surface area contributed by atoms with Gasteiger partial charge in [-0.15, -0.1) is 11.8 Å². The van der Waals surface area contributed by atoms with Crippen LogP contribution in [-0.4, -0.2) is 42.7 Å². The summed E-state index contributed by atoms with van der Waals surface area (Å²) in [6.45, 7) is 13.0. The number of hydrogen-bond donors (Lipinski definition) is 0. The summed E-state index contributed by atoms with van der Waals surface area (Å²) in [5.74, 6) is 1.10. The van der Waals surface area contributed by atoms with Crippen molar-refractivity contribution in [1.82, 2.24) is 4.57 Å². The van der Waals surface area contributed by atoms with Gasteiger partial charge in [0.1, 0.15) is 12.4 Å². The molecule has 5 nitrogen and oxygen atoms in total. The maximum Gasteiger partial charge on any atom is 0.335 e. The molecule has 0 amide bonds. The van der Waals surface area contributed by atoms with Crippen LogP contribution in [0.1, 0.15) is 89.5 Å². The number of nitrogens with zero attached hydrogens (tertiary/aromatic N) is 1. The number of esters is 1. The zero-order valence-electron chi connectivity index (χ0n) is 28.0. The molecule has 2 aromatic carbocycles. The zero-order valence-corrected chi connectivity index (χ0v) is 28.8. The van der Waals surface area contributed by atoms with Crippen molar-refractivity contribution in [2.24, 2.45) is 5.92 Å². The molecule has 242 valence electrons. The van der Waals surface area contributed by atoms with E-state index in [1.807, 2.05) is 43.0 Å². The molecule has 1 heterocycles. The normalized spacial score (nSPS) is 12.7. The Morgan fingerprint density at radius 1 is 0.909 bits per heavy atom. The minimum atomic E-state index is -0.592. The van der Waals surface area contributed by atoms with Gasteiger partial charge in [0.2, 0.25) is 0 Å². The van der Waals surface area contributed by atoms with Crippen molar-refractivity contribution in [3.8, 4) is 17.0 Å². The van der Waals surface area contributed by atoms with Crippen LogP contribution in [0.4, 0.5) is 0 Å². The third-order valence-electron chi connectivity index (χ3n) is 8.27. The van der Waals surface area contributed by atoms with Crippen molar-refractivity contribution in [3.05, 3.63) is 71.4 Å². The second-order valence-corrected chi connectivity index (χ2v) is 12.7. The van der Waals surface area contributed by atoms with E-state index < -0.39 is 6.10 Å². The Morgan fingerprint density at radius 3 is 2.41 bits per heavy atom. The molecule has 3 rings (SSSR count). The first-order chi connectivity index (χ1) is 21.4. The fraction of sp³-hybridized carbons (Fsp3) is 0.553. The van der Waals surface area contributed by atoms with Gasteiger partial charge in [-0.05, 0) is 98.4 Å². The highest BCUT2D eigenvalue weighted by atomic mass is 32.2. The molecular weight excluding hydrogens is 566 g/mol. The zero-order chi connectivity index (χ0) is 31.7. The fourth-order valence-electron chi connectivity index (χ4n) is 5.69. The number of aryl methyl sites for hydroxylation is 2. The minimum absolute atomic E-state index is 0.277. The highest BCUT2D eigenvalue weighted by Gasteiger charge is 2.21. The Balaban J connectivity index is 1.56. The lowest BCUT2D eigenvalue weighted by Gasteiger charge is -2.17. The van der Waals surface area contributed by atoms with E-state index in [0.717, 1.165) is 43.5 Å². The molecule has 0 aliphatic carbocycles. The number of benzene rings is 2. The number of aromatic nitrogens is 1. The maximum absolute atomic E-state index is 12.7. The van der Waals surface area contributed by atoms with Crippen LogP contribution in [0.2, 0.25) is 0 Å². The standard InChI is InChI=1S/C38H55NO4S/c1-7-10-11-12-14-33-28-32(18-22-37(33)44-6)35-21-15-30(5)39(35)24-26-42-34-19-16-31(17-20-34)27-36(41-9-3)38(40)43-25-23-29(4)13-8-2/h15-22,28-29,36H,7-14,23-27H2,1-6H3/t29?,36-/m0/s1. The average molecular weight is 622 g/mol. The molecule has 44 heavy (non-hydrogen) atoms. The number of ether oxygens (including phenoxy) is 3. The van der Waals surface area contributed by atoms with E-state index in [-0.39, 0.29) is 5.97 Å². The quantitative estimate of drug-likeness (QED) is 0.0673. The van der Waals surface area contributed by atoms with Gasteiger partial charge in [-0.25, -0.2) is 4.79 Å². The first kappa shape index (κ1) is 35.8. The van der Waals surface area contributed by atoms with Gasteiger partial charge in [-0.1, -0.05) is 71.1 Å². The molecule has 0 spiro atoms. The lowest BCUT2D eigenvalue weighted by Crippen LogP contribution is -2.29. The molecule has 0 aliphatic heterocycles. The van der Waals surface area contributed by atoms with Crippen LogP contribution in [0.5, 0.6) is 5.75 Å². The van der Waals surface area contributed by atoms with Gasteiger partial charge in [0.25, 0.3) is 0 Å². The van der Waals surface area contributed by atoms with Crippen molar-refractivity contribution in [1.29, 1.82) is 0 Å². The summed E-state index contributed by atoms with van der Waals surface area (Å²) in [6, 6.07) is 19.3. The molecule has 0 radical (unpaired) electrons. The van der Waals surface area contributed by atoms with E-state index in [2.05, 4.69) is 68.8 Å². The van der Waals surface area contributed by atoms with Crippen molar-refractivity contribution in [2.75, 3.05) is 26.1 Å². The van der Waals surface area contributed by atoms with Crippen molar-refractivity contribution < 1.29 is 19.0 Å². The van der Waals surface area contributed by atoms with Crippen LogP contribution in [0.25, 0.3) is 11.3 Å². The molecular formula is C38H55NO4S. The number of rotatable bonds is 21. The maximum atomic E-state index is 12.7. The van der Waals surface area contributed by atoms with Crippen molar-refractivity contribution in [2.45, 2.75) is 110 Å². The summed E-state index contributed by atoms with van der Waals surface area (Å²) in [5, 5.41) is 0. The molecule has 0 bridgehead atoms. The first-order valence-electron chi connectivity index (χ1n) is 16.7. The van der Waals surface area contributed by atoms with E-state index in [0.29, 0.717) is 32.2 Å². The Kier molecular flexibility index (Phi) is 16.0. The highest BCUT2D eigenvalue weighted by Crippen LogP contribution is 2.30. The highest BCUT2D eigenvalue weighted by molar-refractivity contribution is 7.98. The Morgan fingerprint density at radius 2 is 1.70 bits per heavy atom. The molecule has 0 aliphatic rings. The second-order valence-electron chi connectivity index (χ2n) is 11.8. The molecule has 3 aromatic rings. The summed E-state index contributed by atoms with van der Waals surface area (Å²) >= 11 is 1.84. The smallest absolute Gasteiger partial charge is 0.335 e. The molecule has 1 aromatic heterocycles. The van der Waals surface area contributed by atoms with Crippen LogP contribution in [0.3, 0.4) is 0 Å². The SMILES string of the molecule is CCCCCCc1cc(-c2ccc(C)n2CCOc2ccc(C[C@H](OCC)C(=O)OCCC(C)CCC)cc2)ccc1SC. The van der Waals surface area contributed by atoms with Gasteiger partial charge in [-0.2, -0.15) is 0 Å². The van der Waals surface area contributed by atoms with Crippen LogP contribution in [0, 0.1) is 12.8 Å². The summed E-state index contributed by atoms with van der Waals surface area (Å²) in [6.07, 6.45) is 11.5. The van der Waals surface area contributed by atoms with Gasteiger partial charge in [0.05, 0.1) is 13.2 Å². The minimum Gasteiger partial charge on any atom is -0.492 e. The van der Waals surface area contributed by atoms with Crippen molar-refractivity contribution in [3.63, 3.8) is 0 Å². The van der Waals surface area contributed by atoms with Gasteiger partial charge in [-0.3, -0.25) is 0 Å². The number of carbonyl (C=O) groups excluding carboxylic acids is 1. The van der Waals surface area contributed by atoms with Gasteiger partial charge in [0, 0.05) is 29.3 Å². The summed E-state index contributed by atoms with van der Waals surface area (Å²) in [4.78, 5) is 14.1. The monoisotopic (exact) mass is 621 g/mol. The van der Waals surface area contributed by atoms with Crippen LogP contribution >= 0.6 is 11.8 Å². The van der Waals surface area contributed by atoms with Gasteiger partial charge in [0.15, 0.2) is 6.10 Å². The Labute approximate surface area is 271 Å². The van der Waals surface area contributed by atoms with Gasteiger partial charge >= 0.3 is 5.97 Å².